The number of carbonyl (C=O) groups is 1. The third-order valence-electron chi connectivity index (χ3n) is 4.20. The molecule has 0 spiro atoms. The molecule has 120 valence electrons. The molecule has 0 saturated carbocycles. The van der Waals surface area contributed by atoms with Gasteiger partial charge in [0.15, 0.2) is 0 Å². The molecule has 1 saturated heterocycles. The summed E-state index contributed by atoms with van der Waals surface area (Å²) in [5.41, 5.74) is 0.746. The highest BCUT2D eigenvalue weighted by atomic mass is 19.1. The van der Waals surface area contributed by atoms with E-state index in [0.29, 0.717) is 18.3 Å². The van der Waals surface area contributed by atoms with Crippen LogP contribution in [0.15, 0.2) is 54.6 Å². The first-order valence-electron chi connectivity index (χ1n) is 7.95. The topological polar surface area (TPSA) is 29.5 Å². The van der Waals surface area contributed by atoms with Gasteiger partial charge in [-0.3, -0.25) is 4.79 Å². The third kappa shape index (κ3) is 4.09. The Hall–Kier alpha value is -2.36. The van der Waals surface area contributed by atoms with E-state index in [1.807, 2.05) is 35.2 Å². The smallest absolute Gasteiger partial charge is 0.253 e. The lowest BCUT2D eigenvalue weighted by atomic mass is 10.1. The van der Waals surface area contributed by atoms with Crippen molar-refractivity contribution in [3.8, 4) is 5.75 Å². The number of halogens is 1. The van der Waals surface area contributed by atoms with Gasteiger partial charge in [0.2, 0.25) is 0 Å². The highest BCUT2D eigenvalue weighted by Crippen LogP contribution is 2.22. The maximum absolute atomic E-state index is 12.8. The molecule has 1 amide bonds. The molecule has 23 heavy (non-hydrogen) atoms. The summed E-state index contributed by atoms with van der Waals surface area (Å²) in [4.78, 5) is 14.3. The van der Waals surface area contributed by atoms with Crippen molar-refractivity contribution in [2.75, 3.05) is 19.7 Å². The van der Waals surface area contributed by atoms with E-state index >= 15 is 0 Å². The number of ether oxygens (including phenoxy) is 1. The van der Waals surface area contributed by atoms with Gasteiger partial charge >= 0.3 is 0 Å². The molecule has 1 fully saturated rings. The van der Waals surface area contributed by atoms with Crippen molar-refractivity contribution < 1.29 is 13.9 Å². The molecule has 1 atom stereocenters. The average Bonchev–Trinajstić information content (AvgIpc) is 3.06. The van der Waals surface area contributed by atoms with E-state index in [-0.39, 0.29) is 11.7 Å². The van der Waals surface area contributed by atoms with Gasteiger partial charge in [-0.1, -0.05) is 18.2 Å². The zero-order valence-electron chi connectivity index (χ0n) is 13.0. The first kappa shape index (κ1) is 15.5. The standard InChI is InChI=1S/C19H20FNO2/c20-17-6-8-18(9-7-17)23-13-11-15-10-12-21(14-15)19(22)16-4-2-1-3-5-16/h1-9,15H,10-14H2. The number of likely N-dealkylation sites (tertiary alicyclic amines) is 1. The summed E-state index contributed by atoms with van der Waals surface area (Å²) in [6.45, 7) is 2.17. The molecule has 1 heterocycles. The molecule has 0 bridgehead atoms. The fraction of sp³-hybridized carbons (Fsp3) is 0.316. The molecule has 1 aliphatic heterocycles. The van der Waals surface area contributed by atoms with Crippen molar-refractivity contribution in [2.24, 2.45) is 5.92 Å². The van der Waals surface area contributed by atoms with Crippen molar-refractivity contribution in [3.63, 3.8) is 0 Å². The van der Waals surface area contributed by atoms with Crippen molar-refractivity contribution in [1.29, 1.82) is 0 Å². The van der Waals surface area contributed by atoms with Gasteiger partial charge in [0.05, 0.1) is 6.61 Å². The van der Waals surface area contributed by atoms with Crippen molar-refractivity contribution >= 4 is 5.91 Å². The Morgan fingerprint density at radius 1 is 1.13 bits per heavy atom. The zero-order valence-corrected chi connectivity index (χ0v) is 13.0. The van der Waals surface area contributed by atoms with Crippen LogP contribution in [-0.2, 0) is 0 Å². The molecule has 0 radical (unpaired) electrons. The Balaban J connectivity index is 1.45. The van der Waals surface area contributed by atoms with Crippen LogP contribution in [0.1, 0.15) is 23.2 Å². The van der Waals surface area contributed by atoms with E-state index in [1.54, 1.807) is 12.1 Å². The van der Waals surface area contributed by atoms with Crippen LogP contribution in [0.3, 0.4) is 0 Å². The Labute approximate surface area is 135 Å². The van der Waals surface area contributed by atoms with Gasteiger partial charge in [0.1, 0.15) is 11.6 Å². The van der Waals surface area contributed by atoms with Gasteiger partial charge in [-0.15, -0.1) is 0 Å². The molecule has 0 aliphatic carbocycles. The number of hydrogen-bond acceptors (Lipinski definition) is 2. The van der Waals surface area contributed by atoms with Crippen LogP contribution < -0.4 is 4.74 Å². The van der Waals surface area contributed by atoms with Crippen LogP contribution in [0.4, 0.5) is 4.39 Å². The highest BCUT2D eigenvalue weighted by molar-refractivity contribution is 5.94. The fourth-order valence-corrected chi connectivity index (χ4v) is 2.89. The van der Waals surface area contributed by atoms with Crippen LogP contribution in [0, 0.1) is 11.7 Å². The van der Waals surface area contributed by atoms with Crippen molar-refractivity contribution in [1.82, 2.24) is 4.90 Å². The van der Waals surface area contributed by atoms with Gasteiger partial charge in [-0.2, -0.15) is 0 Å². The van der Waals surface area contributed by atoms with Gasteiger partial charge in [0.25, 0.3) is 5.91 Å². The Morgan fingerprint density at radius 3 is 2.61 bits per heavy atom. The summed E-state index contributed by atoms with van der Waals surface area (Å²) in [5, 5.41) is 0. The minimum absolute atomic E-state index is 0.104. The monoisotopic (exact) mass is 313 g/mol. The fourth-order valence-electron chi connectivity index (χ4n) is 2.89. The lowest BCUT2D eigenvalue weighted by Crippen LogP contribution is -2.28. The number of nitrogens with zero attached hydrogens (tertiary/aromatic N) is 1. The second kappa shape index (κ2) is 7.27. The zero-order chi connectivity index (χ0) is 16.1. The number of benzene rings is 2. The second-order valence-electron chi connectivity index (χ2n) is 5.86. The Morgan fingerprint density at radius 2 is 1.87 bits per heavy atom. The van der Waals surface area contributed by atoms with E-state index in [4.69, 9.17) is 4.74 Å². The van der Waals surface area contributed by atoms with Crippen LogP contribution in [0.2, 0.25) is 0 Å². The molecule has 3 nitrogen and oxygen atoms in total. The quantitative estimate of drug-likeness (QED) is 0.841. The average molecular weight is 313 g/mol. The van der Waals surface area contributed by atoms with E-state index in [2.05, 4.69) is 0 Å². The molecule has 1 unspecified atom stereocenters. The lowest BCUT2D eigenvalue weighted by Gasteiger charge is -2.16. The number of hydrogen-bond donors (Lipinski definition) is 0. The molecule has 2 aromatic carbocycles. The minimum Gasteiger partial charge on any atom is -0.494 e. The van der Waals surface area contributed by atoms with Gasteiger partial charge in [-0.25, -0.2) is 4.39 Å². The molecular weight excluding hydrogens is 293 g/mol. The lowest BCUT2D eigenvalue weighted by molar-refractivity contribution is 0.0785. The molecule has 4 heteroatoms. The van der Waals surface area contributed by atoms with E-state index in [0.717, 1.165) is 31.5 Å². The number of carbonyl (C=O) groups excluding carboxylic acids is 1. The number of rotatable bonds is 5. The van der Waals surface area contributed by atoms with Crippen LogP contribution in [-0.4, -0.2) is 30.5 Å². The summed E-state index contributed by atoms with van der Waals surface area (Å²) in [7, 11) is 0. The molecule has 1 aliphatic rings. The normalized spacial score (nSPS) is 17.3. The molecule has 2 aromatic rings. The van der Waals surface area contributed by atoms with Gasteiger partial charge < -0.3 is 9.64 Å². The predicted octanol–water partition coefficient (Wildman–Crippen LogP) is 3.76. The van der Waals surface area contributed by atoms with Crippen LogP contribution in [0.5, 0.6) is 5.75 Å². The third-order valence-corrected chi connectivity index (χ3v) is 4.20. The predicted molar refractivity (Wildman–Crippen MR) is 87.0 cm³/mol. The van der Waals surface area contributed by atoms with E-state index in [1.165, 1.54) is 12.1 Å². The first-order chi connectivity index (χ1) is 11.2. The summed E-state index contributed by atoms with van der Waals surface area (Å²) in [6.07, 6.45) is 1.90. The van der Waals surface area contributed by atoms with Crippen LogP contribution >= 0.6 is 0 Å². The minimum atomic E-state index is -0.261. The largest absolute Gasteiger partial charge is 0.494 e. The highest BCUT2D eigenvalue weighted by Gasteiger charge is 2.26. The summed E-state index contributed by atoms with van der Waals surface area (Å²) < 4.78 is 18.5. The Bertz CT molecular complexity index is 642. The molecule has 0 N–H and O–H groups in total. The maximum atomic E-state index is 12.8. The van der Waals surface area contributed by atoms with Crippen molar-refractivity contribution in [2.45, 2.75) is 12.8 Å². The molecule has 0 aromatic heterocycles. The Kier molecular flexibility index (Phi) is 4.91. The van der Waals surface area contributed by atoms with Crippen LogP contribution in [0.25, 0.3) is 0 Å². The maximum Gasteiger partial charge on any atom is 0.253 e. The van der Waals surface area contributed by atoms with E-state index < -0.39 is 0 Å². The summed E-state index contributed by atoms with van der Waals surface area (Å²) in [5.74, 6) is 0.987. The summed E-state index contributed by atoms with van der Waals surface area (Å²) in [6, 6.07) is 15.5. The molecular formula is C19H20FNO2. The number of amides is 1. The van der Waals surface area contributed by atoms with Gasteiger partial charge in [-0.05, 0) is 55.2 Å². The second-order valence-corrected chi connectivity index (χ2v) is 5.86. The first-order valence-corrected chi connectivity index (χ1v) is 7.95. The SMILES string of the molecule is O=C(c1ccccc1)N1CCC(CCOc2ccc(F)cc2)C1. The van der Waals surface area contributed by atoms with E-state index in [9.17, 15) is 9.18 Å². The summed E-state index contributed by atoms with van der Waals surface area (Å²) >= 11 is 0. The molecule has 3 rings (SSSR count). The van der Waals surface area contributed by atoms with Gasteiger partial charge in [0, 0.05) is 18.7 Å². The van der Waals surface area contributed by atoms with Crippen molar-refractivity contribution in [3.05, 3.63) is 66.0 Å².